The fourth-order valence-corrected chi connectivity index (χ4v) is 3.23. The molecule has 0 bridgehead atoms. The third kappa shape index (κ3) is 4.03. The summed E-state index contributed by atoms with van der Waals surface area (Å²) in [5.41, 5.74) is 1.57. The predicted octanol–water partition coefficient (Wildman–Crippen LogP) is 4.20. The number of nitrogens with zero attached hydrogens (tertiary/aromatic N) is 3. The van der Waals surface area contributed by atoms with Crippen LogP contribution in [-0.2, 0) is 17.8 Å². The molecule has 1 aliphatic heterocycles. The van der Waals surface area contributed by atoms with Gasteiger partial charge in [-0.05, 0) is 50.6 Å². The molecule has 0 aromatic carbocycles. The van der Waals surface area contributed by atoms with E-state index in [1.165, 1.54) is 6.42 Å². The van der Waals surface area contributed by atoms with Gasteiger partial charge in [0.2, 0.25) is 0 Å². The molecule has 1 fully saturated rings. The fraction of sp³-hybridized carbons (Fsp3) is 0.400. The summed E-state index contributed by atoms with van der Waals surface area (Å²) in [7, 11) is 2.03. The Morgan fingerprint density at radius 1 is 1.08 bits per heavy atom. The van der Waals surface area contributed by atoms with E-state index in [1.54, 1.807) is 6.20 Å². The molecule has 26 heavy (non-hydrogen) atoms. The molecule has 1 aliphatic rings. The zero-order chi connectivity index (χ0) is 17.8. The fourth-order valence-electron chi connectivity index (χ4n) is 3.23. The Hall–Kier alpha value is -2.44. The third-order valence-corrected chi connectivity index (χ3v) is 4.52. The summed E-state index contributed by atoms with van der Waals surface area (Å²) in [5, 5.41) is 4.11. The maximum absolute atomic E-state index is 5.98. The van der Waals surface area contributed by atoms with Crippen LogP contribution in [0.2, 0.25) is 0 Å². The molecule has 6 heteroatoms. The van der Waals surface area contributed by atoms with Crippen LogP contribution in [0.3, 0.4) is 0 Å². The summed E-state index contributed by atoms with van der Waals surface area (Å²) in [6.07, 6.45) is 5.24. The van der Waals surface area contributed by atoms with Gasteiger partial charge in [0.05, 0.1) is 18.8 Å². The topological polar surface area (TPSA) is 64.5 Å². The standard InChI is InChI=1S/C20H23N3O3/c1-23(13-15-8-9-20(25-15)19-7-3-5-11-24-19)14-16-12-18(22-26-16)17-6-2-4-10-21-17/h2,4,6,8-10,12,19H,3,5,7,11,13-14H2,1H3. The van der Waals surface area contributed by atoms with Crippen LogP contribution in [0.5, 0.6) is 0 Å². The van der Waals surface area contributed by atoms with Crippen LogP contribution in [-0.4, -0.2) is 28.7 Å². The molecule has 6 nitrogen and oxygen atoms in total. The summed E-state index contributed by atoms with van der Waals surface area (Å²) >= 11 is 0. The Bertz CT molecular complexity index is 822. The number of aromatic nitrogens is 2. The Balaban J connectivity index is 1.35. The number of ether oxygens (including phenoxy) is 1. The van der Waals surface area contributed by atoms with Crippen LogP contribution in [0.25, 0.3) is 11.4 Å². The molecule has 1 saturated heterocycles. The van der Waals surface area contributed by atoms with Crippen molar-refractivity contribution in [3.05, 3.63) is 59.9 Å². The third-order valence-electron chi connectivity index (χ3n) is 4.52. The van der Waals surface area contributed by atoms with Gasteiger partial charge >= 0.3 is 0 Å². The maximum atomic E-state index is 5.98. The second kappa shape index (κ2) is 7.85. The Morgan fingerprint density at radius 3 is 2.81 bits per heavy atom. The van der Waals surface area contributed by atoms with Crippen molar-refractivity contribution in [3.63, 3.8) is 0 Å². The zero-order valence-corrected chi connectivity index (χ0v) is 14.9. The van der Waals surface area contributed by atoms with Gasteiger partial charge in [-0.25, -0.2) is 0 Å². The summed E-state index contributed by atoms with van der Waals surface area (Å²) < 4.78 is 17.2. The minimum absolute atomic E-state index is 0.109. The molecule has 0 aliphatic carbocycles. The van der Waals surface area contributed by atoms with Gasteiger partial charge in [-0.2, -0.15) is 0 Å². The van der Waals surface area contributed by atoms with E-state index < -0.39 is 0 Å². The highest BCUT2D eigenvalue weighted by Gasteiger charge is 2.20. The molecule has 4 rings (SSSR count). The van der Waals surface area contributed by atoms with E-state index in [-0.39, 0.29) is 6.10 Å². The molecule has 136 valence electrons. The quantitative estimate of drug-likeness (QED) is 0.662. The van der Waals surface area contributed by atoms with Gasteiger partial charge in [0, 0.05) is 18.9 Å². The number of pyridine rings is 1. The number of furan rings is 1. The zero-order valence-electron chi connectivity index (χ0n) is 14.9. The van der Waals surface area contributed by atoms with E-state index in [0.717, 1.165) is 48.1 Å². The Kier molecular flexibility index (Phi) is 5.13. The van der Waals surface area contributed by atoms with E-state index in [2.05, 4.69) is 15.0 Å². The van der Waals surface area contributed by atoms with Crippen molar-refractivity contribution in [2.24, 2.45) is 0 Å². The van der Waals surface area contributed by atoms with E-state index >= 15 is 0 Å². The first-order valence-corrected chi connectivity index (χ1v) is 9.04. The molecule has 1 atom stereocenters. The smallest absolute Gasteiger partial charge is 0.151 e. The van der Waals surface area contributed by atoms with Crippen molar-refractivity contribution in [1.29, 1.82) is 0 Å². The molecule has 0 radical (unpaired) electrons. The molecule has 3 aromatic rings. The van der Waals surface area contributed by atoms with Crippen molar-refractivity contribution in [2.75, 3.05) is 13.7 Å². The van der Waals surface area contributed by atoms with Crippen LogP contribution in [0, 0.1) is 0 Å². The molecule has 0 saturated carbocycles. The first-order chi connectivity index (χ1) is 12.8. The molecular weight excluding hydrogens is 330 g/mol. The first-order valence-electron chi connectivity index (χ1n) is 9.04. The van der Waals surface area contributed by atoms with Gasteiger partial charge in [-0.3, -0.25) is 9.88 Å². The van der Waals surface area contributed by atoms with Crippen molar-refractivity contribution in [2.45, 2.75) is 38.5 Å². The number of rotatable bonds is 6. The summed E-state index contributed by atoms with van der Waals surface area (Å²) in [5.74, 6) is 2.67. The minimum Gasteiger partial charge on any atom is -0.462 e. The normalized spacial score (nSPS) is 17.7. The van der Waals surface area contributed by atoms with E-state index in [1.807, 2.05) is 43.4 Å². The monoisotopic (exact) mass is 353 g/mol. The minimum atomic E-state index is 0.109. The maximum Gasteiger partial charge on any atom is 0.151 e. The van der Waals surface area contributed by atoms with Gasteiger partial charge < -0.3 is 13.7 Å². The van der Waals surface area contributed by atoms with Gasteiger partial charge in [0.15, 0.2) is 5.76 Å². The second-order valence-electron chi connectivity index (χ2n) is 6.73. The lowest BCUT2D eigenvalue weighted by molar-refractivity contribution is 0.000886. The van der Waals surface area contributed by atoms with Crippen LogP contribution in [0.1, 0.15) is 42.6 Å². The predicted molar refractivity (Wildman–Crippen MR) is 96.2 cm³/mol. The second-order valence-corrected chi connectivity index (χ2v) is 6.73. The van der Waals surface area contributed by atoms with Crippen molar-refractivity contribution < 1.29 is 13.7 Å². The largest absolute Gasteiger partial charge is 0.462 e. The van der Waals surface area contributed by atoms with Gasteiger partial charge in [-0.1, -0.05) is 11.2 Å². The average molecular weight is 353 g/mol. The molecule has 0 N–H and O–H groups in total. The lowest BCUT2D eigenvalue weighted by Gasteiger charge is -2.20. The van der Waals surface area contributed by atoms with Crippen LogP contribution < -0.4 is 0 Å². The number of hydrogen-bond acceptors (Lipinski definition) is 6. The van der Waals surface area contributed by atoms with Gasteiger partial charge in [0.1, 0.15) is 23.3 Å². The van der Waals surface area contributed by atoms with Gasteiger partial charge in [-0.15, -0.1) is 0 Å². The lowest BCUT2D eigenvalue weighted by atomic mass is 10.1. The summed E-state index contributed by atoms with van der Waals surface area (Å²) in [6.45, 7) is 2.17. The van der Waals surface area contributed by atoms with Crippen LogP contribution in [0.15, 0.2) is 51.5 Å². The lowest BCUT2D eigenvalue weighted by Crippen LogP contribution is -2.16. The Morgan fingerprint density at radius 2 is 2.00 bits per heavy atom. The molecule has 0 amide bonds. The summed E-state index contributed by atoms with van der Waals surface area (Å²) in [6, 6.07) is 11.7. The first kappa shape index (κ1) is 17.0. The number of hydrogen-bond donors (Lipinski definition) is 0. The van der Waals surface area contributed by atoms with Crippen molar-refractivity contribution >= 4 is 0 Å². The van der Waals surface area contributed by atoms with E-state index in [4.69, 9.17) is 13.7 Å². The highest BCUT2D eigenvalue weighted by atomic mass is 16.5. The van der Waals surface area contributed by atoms with E-state index in [0.29, 0.717) is 13.1 Å². The van der Waals surface area contributed by atoms with Gasteiger partial charge in [0.25, 0.3) is 0 Å². The molecule has 4 heterocycles. The average Bonchev–Trinajstić information content (AvgIpc) is 3.33. The van der Waals surface area contributed by atoms with Crippen molar-refractivity contribution in [1.82, 2.24) is 15.0 Å². The Labute approximate surface area is 152 Å². The highest BCUT2D eigenvalue weighted by Crippen LogP contribution is 2.29. The molecular formula is C20H23N3O3. The highest BCUT2D eigenvalue weighted by molar-refractivity contribution is 5.52. The molecule has 1 unspecified atom stereocenters. The molecule has 0 spiro atoms. The summed E-state index contributed by atoms with van der Waals surface area (Å²) in [4.78, 5) is 6.43. The van der Waals surface area contributed by atoms with Crippen molar-refractivity contribution in [3.8, 4) is 11.4 Å². The van der Waals surface area contributed by atoms with E-state index in [9.17, 15) is 0 Å². The van der Waals surface area contributed by atoms with Crippen LogP contribution >= 0.6 is 0 Å². The van der Waals surface area contributed by atoms with Crippen LogP contribution in [0.4, 0.5) is 0 Å². The SMILES string of the molecule is CN(Cc1cc(-c2ccccn2)no1)Cc1ccc(C2CCCCO2)o1. The molecule has 3 aromatic heterocycles.